The number of rotatable bonds is 10. The first-order chi connectivity index (χ1) is 15.5. The first-order valence-electron chi connectivity index (χ1n) is 10.4. The highest BCUT2D eigenvalue weighted by Crippen LogP contribution is 2.18. The summed E-state index contributed by atoms with van der Waals surface area (Å²) in [6.07, 6.45) is 0. The van der Waals surface area contributed by atoms with Gasteiger partial charge in [-0.1, -0.05) is 66.7 Å². The topological polar surface area (TPSA) is 67.9 Å². The summed E-state index contributed by atoms with van der Waals surface area (Å²) in [6, 6.07) is 24.9. The molecule has 6 nitrogen and oxygen atoms in total. The van der Waals surface area contributed by atoms with Crippen molar-refractivity contribution in [1.29, 1.82) is 0 Å². The van der Waals surface area contributed by atoms with Crippen molar-refractivity contribution in [3.63, 3.8) is 0 Å². The van der Waals surface area contributed by atoms with Crippen molar-refractivity contribution in [3.8, 4) is 5.75 Å². The zero-order valence-electron chi connectivity index (χ0n) is 18.4. The number of carbonyl (C=O) groups is 2. The Morgan fingerprint density at radius 2 is 1.38 bits per heavy atom. The van der Waals surface area contributed by atoms with E-state index in [4.69, 9.17) is 9.47 Å². The second-order valence-electron chi connectivity index (χ2n) is 7.55. The number of likely N-dealkylation sites (N-methyl/N-ethyl adjacent to an activating group) is 1. The van der Waals surface area contributed by atoms with Gasteiger partial charge in [0, 0.05) is 20.6 Å². The van der Waals surface area contributed by atoms with Crippen molar-refractivity contribution in [3.05, 3.63) is 101 Å². The van der Waals surface area contributed by atoms with E-state index < -0.39 is 0 Å². The van der Waals surface area contributed by atoms with Crippen LogP contribution < -0.4 is 10.1 Å². The van der Waals surface area contributed by atoms with Crippen LogP contribution in [0.25, 0.3) is 0 Å². The van der Waals surface area contributed by atoms with Gasteiger partial charge in [-0.05, 0) is 28.8 Å². The second-order valence-corrected chi connectivity index (χ2v) is 7.55. The van der Waals surface area contributed by atoms with Crippen LogP contribution >= 0.6 is 0 Å². The van der Waals surface area contributed by atoms with Crippen molar-refractivity contribution in [2.45, 2.75) is 19.8 Å². The van der Waals surface area contributed by atoms with Gasteiger partial charge >= 0.3 is 0 Å². The SMILES string of the molecule is CN(C)C(=O)COc1ccccc1C(=O)NCc1ccc(COCc2ccccc2)cc1. The summed E-state index contributed by atoms with van der Waals surface area (Å²) < 4.78 is 11.3. The fraction of sp³-hybridized carbons (Fsp3) is 0.231. The maximum absolute atomic E-state index is 12.7. The number of amides is 2. The minimum atomic E-state index is -0.256. The summed E-state index contributed by atoms with van der Waals surface area (Å²) in [7, 11) is 3.32. The first-order valence-corrected chi connectivity index (χ1v) is 10.4. The molecule has 3 rings (SSSR count). The third kappa shape index (κ3) is 6.96. The molecule has 0 unspecified atom stereocenters. The Balaban J connectivity index is 1.49. The molecule has 3 aromatic carbocycles. The zero-order chi connectivity index (χ0) is 22.8. The quantitative estimate of drug-likeness (QED) is 0.529. The van der Waals surface area contributed by atoms with Gasteiger partial charge in [0.1, 0.15) is 5.75 Å². The van der Waals surface area contributed by atoms with Crippen LogP contribution in [-0.4, -0.2) is 37.4 Å². The molecule has 0 aliphatic heterocycles. The van der Waals surface area contributed by atoms with Crippen LogP contribution in [-0.2, 0) is 29.3 Å². The molecule has 0 radical (unpaired) electrons. The monoisotopic (exact) mass is 432 g/mol. The number of hydrogen-bond donors (Lipinski definition) is 1. The van der Waals surface area contributed by atoms with Crippen LogP contribution in [0.1, 0.15) is 27.0 Å². The van der Waals surface area contributed by atoms with Crippen molar-refractivity contribution in [2.75, 3.05) is 20.7 Å². The van der Waals surface area contributed by atoms with Crippen LogP contribution in [0.4, 0.5) is 0 Å². The predicted molar refractivity (Wildman–Crippen MR) is 123 cm³/mol. The van der Waals surface area contributed by atoms with Crippen LogP contribution in [0.2, 0.25) is 0 Å². The molecule has 0 heterocycles. The molecule has 0 spiro atoms. The molecule has 0 aromatic heterocycles. The van der Waals surface area contributed by atoms with Gasteiger partial charge in [0.05, 0.1) is 18.8 Å². The lowest BCUT2D eigenvalue weighted by atomic mass is 10.1. The molecule has 0 atom stereocenters. The van der Waals surface area contributed by atoms with Gasteiger partial charge < -0.3 is 19.7 Å². The van der Waals surface area contributed by atoms with Crippen LogP contribution in [0, 0.1) is 0 Å². The fourth-order valence-corrected chi connectivity index (χ4v) is 2.94. The second kappa shape index (κ2) is 11.7. The van der Waals surface area contributed by atoms with Crippen LogP contribution in [0.15, 0.2) is 78.9 Å². The molecule has 3 aromatic rings. The highest BCUT2D eigenvalue weighted by Gasteiger charge is 2.13. The maximum atomic E-state index is 12.7. The average molecular weight is 433 g/mol. The Bertz CT molecular complexity index is 1020. The molecule has 1 N–H and O–H groups in total. The smallest absolute Gasteiger partial charge is 0.259 e. The van der Waals surface area contributed by atoms with Gasteiger partial charge in [-0.15, -0.1) is 0 Å². The maximum Gasteiger partial charge on any atom is 0.259 e. The van der Waals surface area contributed by atoms with Gasteiger partial charge in [0.25, 0.3) is 11.8 Å². The van der Waals surface area contributed by atoms with Gasteiger partial charge in [0.15, 0.2) is 6.61 Å². The summed E-state index contributed by atoms with van der Waals surface area (Å²) >= 11 is 0. The third-order valence-electron chi connectivity index (χ3n) is 4.84. The van der Waals surface area contributed by atoms with E-state index in [2.05, 4.69) is 5.32 Å². The van der Waals surface area contributed by atoms with E-state index in [0.29, 0.717) is 31.1 Å². The Morgan fingerprint density at radius 3 is 2.06 bits per heavy atom. The Labute approximate surface area is 188 Å². The van der Waals surface area contributed by atoms with Gasteiger partial charge in [-0.3, -0.25) is 9.59 Å². The fourth-order valence-electron chi connectivity index (χ4n) is 2.94. The van der Waals surface area contributed by atoms with E-state index in [1.54, 1.807) is 38.4 Å². The van der Waals surface area contributed by atoms with E-state index in [-0.39, 0.29) is 18.4 Å². The molecule has 166 valence electrons. The molecule has 2 amide bonds. The van der Waals surface area contributed by atoms with E-state index >= 15 is 0 Å². The Morgan fingerprint density at radius 1 is 0.781 bits per heavy atom. The van der Waals surface area contributed by atoms with E-state index in [0.717, 1.165) is 16.7 Å². The highest BCUT2D eigenvalue weighted by molar-refractivity contribution is 5.97. The van der Waals surface area contributed by atoms with Gasteiger partial charge in [-0.25, -0.2) is 0 Å². The largest absolute Gasteiger partial charge is 0.483 e. The normalized spacial score (nSPS) is 10.4. The minimum absolute atomic E-state index is 0.120. The summed E-state index contributed by atoms with van der Waals surface area (Å²) in [4.78, 5) is 25.9. The molecule has 0 saturated heterocycles. The summed E-state index contributed by atoms with van der Waals surface area (Å²) in [5.41, 5.74) is 3.58. The number of para-hydroxylation sites is 1. The standard InChI is InChI=1S/C26H28N2O4/c1-28(2)25(29)19-32-24-11-7-6-10-23(24)26(30)27-16-20-12-14-22(15-13-20)18-31-17-21-8-4-3-5-9-21/h3-15H,16-19H2,1-2H3,(H,27,30). The van der Waals surface area contributed by atoms with Crippen LogP contribution in [0.5, 0.6) is 5.75 Å². The molecule has 0 saturated carbocycles. The van der Waals surface area contributed by atoms with Gasteiger partial charge in [-0.2, -0.15) is 0 Å². The summed E-state index contributed by atoms with van der Waals surface area (Å²) in [5.74, 6) is -0.0488. The third-order valence-corrected chi connectivity index (χ3v) is 4.84. The molecule has 0 fully saturated rings. The molecule has 6 heteroatoms. The Kier molecular flexibility index (Phi) is 8.40. The Hall–Kier alpha value is -3.64. The molecule has 0 aliphatic carbocycles. The van der Waals surface area contributed by atoms with Crippen molar-refractivity contribution < 1.29 is 19.1 Å². The predicted octanol–water partition coefficient (Wildman–Crippen LogP) is 3.80. The summed E-state index contributed by atoms with van der Waals surface area (Å²) in [6.45, 7) is 1.36. The molecular formula is C26H28N2O4. The number of nitrogens with one attached hydrogen (secondary N) is 1. The molecule has 32 heavy (non-hydrogen) atoms. The first kappa shape index (κ1) is 23.0. The number of ether oxygens (including phenoxy) is 2. The van der Waals surface area contributed by atoms with Crippen molar-refractivity contribution >= 4 is 11.8 Å². The number of hydrogen-bond acceptors (Lipinski definition) is 4. The van der Waals surface area contributed by atoms with Crippen LogP contribution in [0.3, 0.4) is 0 Å². The lowest BCUT2D eigenvalue weighted by molar-refractivity contribution is -0.130. The van der Waals surface area contributed by atoms with E-state index in [1.165, 1.54) is 4.90 Å². The minimum Gasteiger partial charge on any atom is -0.483 e. The van der Waals surface area contributed by atoms with E-state index in [1.807, 2.05) is 54.6 Å². The highest BCUT2D eigenvalue weighted by atomic mass is 16.5. The molecule has 0 aliphatic rings. The number of benzene rings is 3. The molecular weight excluding hydrogens is 404 g/mol. The lowest BCUT2D eigenvalue weighted by Gasteiger charge is -2.14. The average Bonchev–Trinajstić information content (AvgIpc) is 2.82. The van der Waals surface area contributed by atoms with Crippen molar-refractivity contribution in [2.24, 2.45) is 0 Å². The number of carbonyl (C=O) groups excluding carboxylic acids is 2. The van der Waals surface area contributed by atoms with Crippen molar-refractivity contribution in [1.82, 2.24) is 10.2 Å². The van der Waals surface area contributed by atoms with E-state index in [9.17, 15) is 9.59 Å². The summed E-state index contributed by atoms with van der Waals surface area (Å²) in [5, 5.41) is 2.90. The zero-order valence-corrected chi connectivity index (χ0v) is 18.4. The van der Waals surface area contributed by atoms with Gasteiger partial charge in [0.2, 0.25) is 0 Å². The molecule has 0 bridgehead atoms. The number of nitrogens with zero attached hydrogens (tertiary/aromatic N) is 1. The lowest BCUT2D eigenvalue weighted by Crippen LogP contribution is -2.28.